The largest absolute Gasteiger partial charge is 0.430 e. The van der Waals surface area contributed by atoms with Crippen molar-refractivity contribution < 1.29 is 4.74 Å². The number of fused-ring (bicyclic) bond motifs is 2. The van der Waals surface area contributed by atoms with E-state index in [0.717, 1.165) is 26.8 Å². The summed E-state index contributed by atoms with van der Waals surface area (Å²) < 4.78 is 7.20. The first-order valence-electron chi connectivity index (χ1n) is 8.85. The fourth-order valence-electron chi connectivity index (χ4n) is 2.77. The smallest absolute Gasteiger partial charge is 0.279 e. The third kappa shape index (κ3) is 4.39. The van der Waals surface area contributed by atoms with Gasteiger partial charge in [0.15, 0.2) is 0 Å². The molecule has 144 valence electrons. The number of nitrogens with zero attached hydrogens (tertiary/aromatic N) is 2. The quantitative estimate of drug-likeness (QED) is 0.384. The summed E-state index contributed by atoms with van der Waals surface area (Å²) in [6.45, 7) is 7.00. The molecular weight excluding hydrogens is 413 g/mol. The van der Waals surface area contributed by atoms with Crippen molar-refractivity contribution in [2.24, 2.45) is 0 Å². The Morgan fingerprint density at radius 1 is 0.964 bits per heavy atom. The van der Waals surface area contributed by atoms with Crippen LogP contribution in [0.1, 0.15) is 26.5 Å². The molecule has 2 heterocycles. The molecule has 28 heavy (non-hydrogen) atoms. The molecule has 0 fully saturated rings. The summed E-state index contributed by atoms with van der Waals surface area (Å²) in [5, 5.41) is 6.16. The van der Waals surface area contributed by atoms with Gasteiger partial charge in [-0.2, -0.15) is 0 Å². The van der Waals surface area contributed by atoms with Crippen LogP contribution in [0.25, 0.3) is 21.1 Å². The van der Waals surface area contributed by atoms with Crippen LogP contribution in [0.2, 0.25) is 10.0 Å². The van der Waals surface area contributed by atoms with E-state index in [1.807, 2.05) is 42.5 Å². The molecule has 0 amide bonds. The monoisotopic (exact) mass is 431 g/mol. The number of aromatic nitrogens is 2. The van der Waals surface area contributed by atoms with Gasteiger partial charge in [-0.1, -0.05) is 34.5 Å². The van der Waals surface area contributed by atoms with Crippen LogP contribution in [-0.2, 0) is 6.54 Å². The molecule has 0 atom stereocenters. The zero-order valence-electron chi connectivity index (χ0n) is 15.7. The van der Waals surface area contributed by atoms with Crippen LogP contribution in [0.3, 0.4) is 0 Å². The van der Waals surface area contributed by atoms with E-state index >= 15 is 0 Å². The SMILES string of the molecule is CC(C)(C)NCc1cc(Oc2nc3cc(Cl)ccc3s2)c2cc(Cl)ccc2n1. The predicted molar refractivity (Wildman–Crippen MR) is 118 cm³/mol. The molecule has 4 rings (SSSR count). The summed E-state index contributed by atoms with van der Waals surface area (Å²) in [6, 6.07) is 13.2. The fourth-order valence-corrected chi connectivity index (χ4v) is 3.91. The highest BCUT2D eigenvalue weighted by Crippen LogP contribution is 2.36. The molecule has 0 aliphatic heterocycles. The molecule has 0 bridgehead atoms. The average Bonchev–Trinajstić information content (AvgIpc) is 3.01. The maximum atomic E-state index is 6.21. The second-order valence-electron chi connectivity index (χ2n) is 7.57. The molecule has 4 aromatic rings. The van der Waals surface area contributed by atoms with E-state index in [0.29, 0.717) is 27.5 Å². The molecule has 0 radical (unpaired) electrons. The molecule has 0 saturated heterocycles. The van der Waals surface area contributed by atoms with E-state index in [1.165, 1.54) is 11.3 Å². The molecule has 4 nitrogen and oxygen atoms in total. The minimum Gasteiger partial charge on any atom is -0.430 e. The molecular formula is C21H19Cl2N3OS. The van der Waals surface area contributed by atoms with Crippen molar-refractivity contribution in [3.63, 3.8) is 0 Å². The van der Waals surface area contributed by atoms with Crippen molar-refractivity contribution in [3.05, 3.63) is 58.2 Å². The summed E-state index contributed by atoms with van der Waals surface area (Å²) in [7, 11) is 0. The normalized spacial score (nSPS) is 12.0. The number of hydrogen-bond acceptors (Lipinski definition) is 5. The topological polar surface area (TPSA) is 47.0 Å². The van der Waals surface area contributed by atoms with Gasteiger partial charge in [-0.3, -0.25) is 4.98 Å². The summed E-state index contributed by atoms with van der Waals surface area (Å²) in [5.41, 5.74) is 2.53. The zero-order chi connectivity index (χ0) is 19.9. The van der Waals surface area contributed by atoms with Crippen molar-refractivity contribution in [3.8, 4) is 10.9 Å². The van der Waals surface area contributed by atoms with Gasteiger partial charge in [0.25, 0.3) is 5.19 Å². The summed E-state index contributed by atoms with van der Waals surface area (Å²) in [5.74, 6) is 0.684. The minimum atomic E-state index is -0.00997. The van der Waals surface area contributed by atoms with Gasteiger partial charge in [0.2, 0.25) is 0 Å². The third-order valence-electron chi connectivity index (χ3n) is 4.11. The van der Waals surface area contributed by atoms with Crippen LogP contribution in [-0.4, -0.2) is 15.5 Å². The van der Waals surface area contributed by atoms with E-state index in [-0.39, 0.29) is 5.54 Å². The van der Waals surface area contributed by atoms with Crippen LogP contribution in [0.15, 0.2) is 42.5 Å². The van der Waals surface area contributed by atoms with Crippen LogP contribution in [0, 0.1) is 0 Å². The van der Waals surface area contributed by atoms with Crippen molar-refractivity contribution in [2.75, 3.05) is 0 Å². The van der Waals surface area contributed by atoms with Gasteiger partial charge in [-0.25, -0.2) is 4.98 Å². The van der Waals surface area contributed by atoms with E-state index in [2.05, 4.69) is 31.1 Å². The Morgan fingerprint density at radius 2 is 1.71 bits per heavy atom. The first-order chi connectivity index (χ1) is 13.3. The van der Waals surface area contributed by atoms with Crippen molar-refractivity contribution in [2.45, 2.75) is 32.9 Å². The van der Waals surface area contributed by atoms with Gasteiger partial charge in [0, 0.05) is 33.6 Å². The second kappa shape index (κ2) is 7.48. The average molecular weight is 432 g/mol. The molecule has 0 saturated carbocycles. The predicted octanol–water partition coefficient (Wildman–Crippen LogP) is 6.83. The Kier molecular flexibility index (Phi) is 5.19. The lowest BCUT2D eigenvalue weighted by molar-refractivity contribution is 0.420. The van der Waals surface area contributed by atoms with E-state index in [9.17, 15) is 0 Å². The first-order valence-corrected chi connectivity index (χ1v) is 10.4. The second-order valence-corrected chi connectivity index (χ2v) is 9.44. The molecule has 0 aliphatic rings. The standard InChI is InChI=1S/C21H19Cl2N3OS/c1-21(2,3)24-11-14-10-18(15-8-12(22)4-6-16(15)25-14)27-20-26-17-9-13(23)5-7-19(17)28-20/h4-10,24H,11H2,1-3H3. The van der Waals surface area contributed by atoms with Gasteiger partial charge in [-0.15, -0.1) is 0 Å². The Labute approximate surface area is 177 Å². The van der Waals surface area contributed by atoms with Gasteiger partial charge < -0.3 is 10.1 Å². The third-order valence-corrected chi connectivity index (χ3v) is 5.50. The van der Waals surface area contributed by atoms with Crippen LogP contribution in [0.4, 0.5) is 0 Å². The van der Waals surface area contributed by atoms with E-state index in [4.69, 9.17) is 32.9 Å². The maximum Gasteiger partial charge on any atom is 0.279 e. The van der Waals surface area contributed by atoms with Gasteiger partial charge >= 0.3 is 0 Å². The summed E-state index contributed by atoms with van der Waals surface area (Å²) in [4.78, 5) is 9.30. The Morgan fingerprint density at radius 3 is 2.50 bits per heavy atom. The van der Waals surface area contributed by atoms with Gasteiger partial charge in [0.05, 0.1) is 21.4 Å². The number of ether oxygens (including phenoxy) is 1. The number of nitrogens with one attached hydrogen (secondary N) is 1. The van der Waals surface area contributed by atoms with Crippen molar-refractivity contribution in [1.29, 1.82) is 0 Å². The number of pyridine rings is 1. The lowest BCUT2D eigenvalue weighted by Crippen LogP contribution is -2.35. The number of thiazole rings is 1. The molecule has 1 N–H and O–H groups in total. The molecule has 0 aliphatic carbocycles. The van der Waals surface area contributed by atoms with Gasteiger partial charge in [-0.05, 0) is 57.2 Å². The lowest BCUT2D eigenvalue weighted by Gasteiger charge is -2.20. The molecule has 2 aromatic heterocycles. The lowest BCUT2D eigenvalue weighted by atomic mass is 10.1. The fraction of sp³-hybridized carbons (Fsp3) is 0.238. The number of rotatable bonds is 4. The Balaban J connectivity index is 1.75. The minimum absolute atomic E-state index is 0.00997. The number of halogens is 2. The maximum absolute atomic E-state index is 6.21. The first kappa shape index (κ1) is 19.4. The summed E-state index contributed by atoms with van der Waals surface area (Å²) in [6.07, 6.45) is 0. The van der Waals surface area contributed by atoms with Crippen molar-refractivity contribution >= 4 is 55.7 Å². The van der Waals surface area contributed by atoms with Gasteiger partial charge in [0.1, 0.15) is 5.75 Å². The van der Waals surface area contributed by atoms with E-state index in [1.54, 1.807) is 0 Å². The molecule has 0 spiro atoms. The van der Waals surface area contributed by atoms with E-state index < -0.39 is 0 Å². The highest BCUT2D eigenvalue weighted by molar-refractivity contribution is 7.20. The summed E-state index contributed by atoms with van der Waals surface area (Å²) >= 11 is 13.8. The highest BCUT2D eigenvalue weighted by atomic mass is 35.5. The highest BCUT2D eigenvalue weighted by Gasteiger charge is 2.14. The Bertz CT molecular complexity index is 1170. The zero-order valence-corrected chi connectivity index (χ0v) is 18.0. The van der Waals surface area contributed by atoms with Crippen LogP contribution in [0.5, 0.6) is 10.9 Å². The number of hydrogen-bond donors (Lipinski definition) is 1. The van der Waals surface area contributed by atoms with Crippen LogP contribution >= 0.6 is 34.5 Å². The van der Waals surface area contributed by atoms with Crippen LogP contribution < -0.4 is 10.1 Å². The molecule has 2 aromatic carbocycles. The number of benzene rings is 2. The Hall–Kier alpha value is -1.92. The molecule has 7 heteroatoms. The molecule has 0 unspecified atom stereocenters. The van der Waals surface area contributed by atoms with Crippen molar-refractivity contribution in [1.82, 2.24) is 15.3 Å².